The van der Waals surface area contributed by atoms with Gasteiger partial charge in [-0.3, -0.25) is 0 Å². The smallest absolute Gasteiger partial charge is 0.247 e. The van der Waals surface area contributed by atoms with E-state index in [2.05, 4.69) is 20.8 Å². The monoisotopic (exact) mass is 315 g/mol. The maximum absolute atomic E-state index is 6.09. The van der Waals surface area contributed by atoms with Crippen molar-refractivity contribution in [3.05, 3.63) is 30.3 Å². The van der Waals surface area contributed by atoms with Crippen LogP contribution in [0.1, 0.15) is 25.7 Å². The second-order valence-corrected chi connectivity index (χ2v) is 6.23. The van der Waals surface area contributed by atoms with Gasteiger partial charge in [0, 0.05) is 25.9 Å². The molecule has 0 unspecified atom stereocenters. The summed E-state index contributed by atoms with van der Waals surface area (Å²) in [7, 11) is 0. The summed E-state index contributed by atoms with van der Waals surface area (Å²) in [5, 5.41) is 15.6. The van der Waals surface area contributed by atoms with Gasteiger partial charge in [-0.25, -0.2) is 0 Å². The highest BCUT2D eigenvalue weighted by Gasteiger charge is 2.39. The molecular formula is C16H21N5O2. The standard InChI is InChI=1S/C16H21N5O2/c1-2-4-14(5-3-1)21-15(18-19-20-21)17-13-6-9-23-16(12-13)7-10-22-11-8-16/h1-5,13H,6-12H2,(H,17,18,20)/t13-/m0/s1. The Morgan fingerprint density at radius 1 is 1.13 bits per heavy atom. The summed E-state index contributed by atoms with van der Waals surface area (Å²) in [6, 6.07) is 10.2. The fraction of sp³-hybridized carbons (Fsp3) is 0.562. The van der Waals surface area contributed by atoms with Crippen LogP contribution in [0.5, 0.6) is 0 Å². The van der Waals surface area contributed by atoms with E-state index in [9.17, 15) is 0 Å². The van der Waals surface area contributed by atoms with E-state index in [0.29, 0.717) is 12.0 Å². The van der Waals surface area contributed by atoms with Gasteiger partial charge in [0.2, 0.25) is 5.95 Å². The third-order valence-corrected chi connectivity index (χ3v) is 4.70. The van der Waals surface area contributed by atoms with E-state index in [1.165, 1.54) is 0 Å². The zero-order valence-electron chi connectivity index (χ0n) is 13.0. The molecule has 1 aromatic heterocycles. The van der Waals surface area contributed by atoms with E-state index in [4.69, 9.17) is 9.47 Å². The van der Waals surface area contributed by atoms with Gasteiger partial charge in [0.05, 0.1) is 11.3 Å². The third-order valence-electron chi connectivity index (χ3n) is 4.70. The lowest BCUT2D eigenvalue weighted by Gasteiger charge is -2.43. The van der Waals surface area contributed by atoms with E-state index in [1.54, 1.807) is 4.68 Å². The summed E-state index contributed by atoms with van der Waals surface area (Å²) in [6.45, 7) is 2.34. The van der Waals surface area contributed by atoms with Crippen molar-refractivity contribution < 1.29 is 9.47 Å². The first-order valence-electron chi connectivity index (χ1n) is 8.17. The van der Waals surface area contributed by atoms with Gasteiger partial charge in [0.25, 0.3) is 0 Å². The summed E-state index contributed by atoms with van der Waals surface area (Å²) in [6.07, 6.45) is 3.87. The summed E-state index contributed by atoms with van der Waals surface area (Å²) in [4.78, 5) is 0. The van der Waals surface area contributed by atoms with Crippen molar-refractivity contribution in [2.75, 3.05) is 25.1 Å². The Kier molecular flexibility index (Phi) is 3.97. The lowest BCUT2D eigenvalue weighted by molar-refractivity contribution is -0.135. The molecule has 1 spiro atoms. The van der Waals surface area contributed by atoms with Gasteiger partial charge in [-0.1, -0.05) is 23.3 Å². The number of nitrogens with one attached hydrogen (secondary N) is 1. The highest BCUT2D eigenvalue weighted by molar-refractivity contribution is 5.39. The molecule has 122 valence electrons. The number of tetrazole rings is 1. The summed E-state index contributed by atoms with van der Waals surface area (Å²) in [5.74, 6) is 0.685. The average molecular weight is 315 g/mol. The van der Waals surface area contributed by atoms with Gasteiger partial charge in [0.1, 0.15) is 0 Å². The number of ether oxygens (including phenoxy) is 2. The van der Waals surface area contributed by atoms with Gasteiger partial charge in [-0.05, 0) is 48.2 Å². The van der Waals surface area contributed by atoms with Crippen LogP contribution in [0, 0.1) is 0 Å². The van der Waals surface area contributed by atoms with Crippen molar-refractivity contribution in [3.63, 3.8) is 0 Å². The summed E-state index contributed by atoms with van der Waals surface area (Å²) >= 11 is 0. The largest absolute Gasteiger partial charge is 0.381 e. The van der Waals surface area contributed by atoms with E-state index < -0.39 is 0 Å². The Hall–Kier alpha value is -1.99. The predicted octanol–water partition coefficient (Wildman–Crippen LogP) is 1.80. The predicted molar refractivity (Wildman–Crippen MR) is 84.5 cm³/mol. The molecule has 2 aliphatic heterocycles. The van der Waals surface area contributed by atoms with E-state index in [0.717, 1.165) is 51.2 Å². The Morgan fingerprint density at radius 2 is 1.96 bits per heavy atom. The van der Waals surface area contributed by atoms with Crippen molar-refractivity contribution in [2.24, 2.45) is 0 Å². The zero-order chi connectivity index (χ0) is 15.5. The first kappa shape index (κ1) is 14.6. The fourth-order valence-electron chi connectivity index (χ4n) is 3.45. The molecule has 1 aromatic carbocycles. The Morgan fingerprint density at radius 3 is 2.78 bits per heavy atom. The number of hydrogen-bond donors (Lipinski definition) is 1. The van der Waals surface area contributed by atoms with Crippen LogP contribution in [0.4, 0.5) is 5.95 Å². The maximum Gasteiger partial charge on any atom is 0.247 e. The van der Waals surface area contributed by atoms with Gasteiger partial charge in [-0.15, -0.1) is 0 Å². The number of benzene rings is 1. The van der Waals surface area contributed by atoms with E-state index in [-0.39, 0.29) is 5.60 Å². The first-order chi connectivity index (χ1) is 11.3. The molecule has 0 radical (unpaired) electrons. The topological polar surface area (TPSA) is 74.1 Å². The van der Waals surface area contributed by atoms with Crippen LogP contribution in [-0.4, -0.2) is 51.7 Å². The van der Waals surface area contributed by atoms with Crippen molar-refractivity contribution in [1.29, 1.82) is 0 Å². The van der Waals surface area contributed by atoms with E-state index in [1.807, 2.05) is 30.3 Å². The summed E-state index contributed by atoms with van der Waals surface area (Å²) < 4.78 is 13.3. The van der Waals surface area contributed by atoms with Crippen LogP contribution in [-0.2, 0) is 9.47 Å². The SMILES string of the molecule is c1ccc(-n2nnnc2N[C@H]2CCOC3(CCOCC3)C2)cc1. The van der Waals surface area contributed by atoms with Crippen molar-refractivity contribution in [1.82, 2.24) is 20.2 Å². The molecule has 2 aromatic rings. The molecule has 2 aliphatic rings. The molecule has 0 saturated carbocycles. The van der Waals surface area contributed by atoms with Crippen LogP contribution in [0.3, 0.4) is 0 Å². The molecule has 4 rings (SSSR count). The van der Waals surface area contributed by atoms with Crippen LogP contribution in [0.25, 0.3) is 5.69 Å². The molecule has 7 nitrogen and oxygen atoms in total. The molecule has 0 aliphatic carbocycles. The molecule has 1 atom stereocenters. The van der Waals surface area contributed by atoms with Crippen LogP contribution in [0.15, 0.2) is 30.3 Å². The molecular weight excluding hydrogens is 294 g/mol. The minimum atomic E-state index is -0.0425. The highest BCUT2D eigenvalue weighted by atomic mass is 16.5. The Labute approximate surface area is 135 Å². The Bertz CT molecular complexity index is 633. The van der Waals surface area contributed by atoms with Crippen LogP contribution in [0.2, 0.25) is 0 Å². The van der Waals surface area contributed by atoms with Crippen molar-refractivity contribution in [2.45, 2.75) is 37.3 Å². The van der Waals surface area contributed by atoms with Crippen molar-refractivity contribution >= 4 is 5.95 Å². The van der Waals surface area contributed by atoms with Gasteiger partial charge >= 0.3 is 0 Å². The number of anilines is 1. The fourth-order valence-corrected chi connectivity index (χ4v) is 3.45. The first-order valence-corrected chi connectivity index (χ1v) is 8.17. The molecule has 0 bridgehead atoms. The minimum absolute atomic E-state index is 0.0425. The molecule has 7 heteroatoms. The van der Waals surface area contributed by atoms with Crippen molar-refractivity contribution in [3.8, 4) is 5.69 Å². The molecule has 2 fully saturated rings. The highest BCUT2D eigenvalue weighted by Crippen LogP contribution is 2.35. The molecule has 3 heterocycles. The number of aromatic nitrogens is 4. The van der Waals surface area contributed by atoms with Crippen LogP contribution >= 0.6 is 0 Å². The summed E-state index contributed by atoms with van der Waals surface area (Å²) in [5.41, 5.74) is 0.909. The minimum Gasteiger partial charge on any atom is -0.381 e. The number of hydrogen-bond acceptors (Lipinski definition) is 6. The maximum atomic E-state index is 6.09. The van der Waals surface area contributed by atoms with Gasteiger partial charge < -0.3 is 14.8 Å². The Balaban J connectivity index is 1.49. The molecule has 1 N–H and O–H groups in total. The lowest BCUT2D eigenvalue weighted by Crippen LogP contribution is -2.48. The number of para-hydroxylation sites is 1. The third kappa shape index (κ3) is 3.07. The van der Waals surface area contributed by atoms with E-state index >= 15 is 0 Å². The zero-order valence-corrected chi connectivity index (χ0v) is 13.0. The molecule has 23 heavy (non-hydrogen) atoms. The second kappa shape index (κ2) is 6.25. The lowest BCUT2D eigenvalue weighted by atomic mass is 9.84. The quantitative estimate of drug-likeness (QED) is 0.931. The second-order valence-electron chi connectivity index (χ2n) is 6.23. The number of rotatable bonds is 3. The molecule has 2 saturated heterocycles. The van der Waals surface area contributed by atoms with Crippen LogP contribution < -0.4 is 5.32 Å². The van der Waals surface area contributed by atoms with Gasteiger partial charge in [-0.2, -0.15) is 4.68 Å². The normalized spacial score (nSPS) is 23.7. The number of nitrogens with zero attached hydrogens (tertiary/aromatic N) is 4. The van der Waals surface area contributed by atoms with Gasteiger partial charge in [0.15, 0.2) is 0 Å². The average Bonchev–Trinajstić information content (AvgIpc) is 3.04. The molecule has 0 amide bonds.